The van der Waals surface area contributed by atoms with E-state index in [1.54, 1.807) is 24.3 Å². The monoisotopic (exact) mass is 502 g/mol. The van der Waals surface area contributed by atoms with E-state index in [-0.39, 0.29) is 17.4 Å². The summed E-state index contributed by atoms with van der Waals surface area (Å²) in [7, 11) is 0. The highest BCUT2D eigenvalue weighted by Gasteiger charge is 2.30. The first-order valence-electron chi connectivity index (χ1n) is 9.94. The highest BCUT2D eigenvalue weighted by molar-refractivity contribution is 9.10. The van der Waals surface area contributed by atoms with Crippen LogP contribution in [0.5, 0.6) is 11.5 Å². The van der Waals surface area contributed by atoms with Crippen LogP contribution in [0.4, 0.5) is 4.39 Å². The van der Waals surface area contributed by atoms with E-state index in [2.05, 4.69) is 21.2 Å². The Balaban J connectivity index is 1.78. The molecule has 0 saturated heterocycles. The number of benzene rings is 3. The van der Waals surface area contributed by atoms with Crippen molar-refractivity contribution in [3.8, 4) is 11.5 Å². The SMILES string of the molecule is CCOc1ccc(C2=N[C@@H](c3c(F)cccc3Cl)N[C@H](c3cc(Br)ccc3O)C2)cc1. The molecule has 0 fully saturated rings. The summed E-state index contributed by atoms with van der Waals surface area (Å²) in [5, 5.41) is 14.1. The Morgan fingerprint density at radius 3 is 2.68 bits per heavy atom. The van der Waals surface area contributed by atoms with Crippen molar-refractivity contribution >= 4 is 33.2 Å². The van der Waals surface area contributed by atoms with E-state index in [1.165, 1.54) is 6.07 Å². The molecule has 0 aromatic heterocycles. The summed E-state index contributed by atoms with van der Waals surface area (Å²) in [6, 6.07) is 17.2. The topological polar surface area (TPSA) is 53.8 Å². The molecule has 160 valence electrons. The van der Waals surface area contributed by atoms with Crippen molar-refractivity contribution in [3.05, 3.63) is 92.7 Å². The Morgan fingerprint density at radius 1 is 1.19 bits per heavy atom. The van der Waals surface area contributed by atoms with E-state index in [1.807, 2.05) is 37.3 Å². The molecule has 1 aliphatic heterocycles. The molecule has 3 aromatic carbocycles. The van der Waals surface area contributed by atoms with Crippen molar-refractivity contribution in [3.63, 3.8) is 0 Å². The lowest BCUT2D eigenvalue weighted by Crippen LogP contribution is -2.33. The van der Waals surface area contributed by atoms with Crippen molar-refractivity contribution in [1.29, 1.82) is 0 Å². The van der Waals surface area contributed by atoms with Gasteiger partial charge in [-0.15, -0.1) is 0 Å². The van der Waals surface area contributed by atoms with Gasteiger partial charge < -0.3 is 9.84 Å². The van der Waals surface area contributed by atoms with Crippen molar-refractivity contribution in [1.82, 2.24) is 5.32 Å². The van der Waals surface area contributed by atoms with Crippen molar-refractivity contribution in [2.45, 2.75) is 25.6 Å². The first-order valence-corrected chi connectivity index (χ1v) is 11.1. The molecule has 31 heavy (non-hydrogen) atoms. The van der Waals surface area contributed by atoms with Gasteiger partial charge in [0.15, 0.2) is 0 Å². The van der Waals surface area contributed by atoms with Gasteiger partial charge in [0.1, 0.15) is 23.5 Å². The molecule has 0 spiro atoms. The third kappa shape index (κ3) is 4.76. The maximum Gasteiger partial charge on any atom is 0.131 e. The van der Waals surface area contributed by atoms with E-state index in [4.69, 9.17) is 21.3 Å². The number of ether oxygens (including phenoxy) is 1. The smallest absolute Gasteiger partial charge is 0.131 e. The molecule has 0 unspecified atom stereocenters. The minimum atomic E-state index is -0.701. The number of phenolic OH excluding ortho intramolecular Hbond substituents is 1. The van der Waals surface area contributed by atoms with Gasteiger partial charge in [-0.2, -0.15) is 0 Å². The Kier molecular flexibility index (Phi) is 6.60. The highest BCUT2D eigenvalue weighted by atomic mass is 79.9. The number of rotatable bonds is 5. The van der Waals surface area contributed by atoms with Crippen molar-refractivity contribution in [2.24, 2.45) is 4.99 Å². The van der Waals surface area contributed by atoms with Crippen LogP contribution in [0.1, 0.15) is 42.2 Å². The Morgan fingerprint density at radius 2 is 1.97 bits per heavy atom. The van der Waals surface area contributed by atoms with Crippen LogP contribution in [-0.2, 0) is 0 Å². The van der Waals surface area contributed by atoms with E-state index in [9.17, 15) is 9.50 Å². The van der Waals surface area contributed by atoms with E-state index in [0.717, 1.165) is 21.5 Å². The summed E-state index contributed by atoms with van der Waals surface area (Å²) < 4.78 is 21.1. The minimum absolute atomic E-state index is 0.159. The number of aromatic hydroxyl groups is 1. The van der Waals surface area contributed by atoms with E-state index >= 15 is 0 Å². The normalized spacial score (nSPS) is 18.5. The van der Waals surface area contributed by atoms with Gasteiger partial charge >= 0.3 is 0 Å². The number of hydrogen-bond acceptors (Lipinski definition) is 4. The molecule has 7 heteroatoms. The third-order valence-electron chi connectivity index (χ3n) is 5.18. The average Bonchev–Trinajstić information content (AvgIpc) is 2.76. The fraction of sp³-hybridized carbons (Fsp3) is 0.208. The standard InChI is InChI=1S/C24H21BrClFN2O2/c1-2-31-16-9-6-14(7-10-16)20-13-21(17-12-15(25)8-11-22(17)30)29-24(28-20)23-18(26)4-3-5-19(23)27/h3-12,21,24,29-30H,2,13H2,1H3/t21-,24+/m0/s1. The van der Waals surface area contributed by atoms with Crippen LogP contribution in [-0.4, -0.2) is 17.4 Å². The first kappa shape index (κ1) is 21.8. The molecule has 4 rings (SSSR count). The molecular weight excluding hydrogens is 483 g/mol. The predicted octanol–water partition coefficient (Wildman–Crippen LogP) is 6.57. The van der Waals surface area contributed by atoms with Gasteiger partial charge in [0.05, 0.1) is 11.6 Å². The van der Waals surface area contributed by atoms with Gasteiger partial charge in [0.25, 0.3) is 0 Å². The molecule has 3 aromatic rings. The number of nitrogens with zero attached hydrogens (tertiary/aromatic N) is 1. The van der Waals surface area contributed by atoms with Crippen molar-refractivity contribution in [2.75, 3.05) is 6.61 Å². The second-order valence-electron chi connectivity index (χ2n) is 7.20. The maximum atomic E-state index is 14.7. The zero-order valence-corrected chi connectivity index (χ0v) is 19.1. The molecule has 0 aliphatic carbocycles. The van der Waals surface area contributed by atoms with Gasteiger partial charge in [-0.05, 0) is 67.1 Å². The summed E-state index contributed by atoms with van der Waals surface area (Å²) in [4.78, 5) is 4.79. The summed E-state index contributed by atoms with van der Waals surface area (Å²) in [5.41, 5.74) is 2.68. The molecule has 2 N–H and O–H groups in total. The van der Waals surface area contributed by atoms with Gasteiger partial charge in [0, 0.05) is 33.8 Å². The lowest BCUT2D eigenvalue weighted by atomic mass is 9.93. The van der Waals surface area contributed by atoms with Crippen LogP contribution in [0.3, 0.4) is 0 Å². The van der Waals surface area contributed by atoms with Gasteiger partial charge in [0.2, 0.25) is 0 Å². The number of hydrogen-bond donors (Lipinski definition) is 2. The predicted molar refractivity (Wildman–Crippen MR) is 125 cm³/mol. The van der Waals surface area contributed by atoms with Gasteiger partial charge in [-0.25, -0.2) is 4.39 Å². The molecule has 0 amide bonds. The molecule has 1 aliphatic rings. The third-order valence-corrected chi connectivity index (χ3v) is 6.00. The lowest BCUT2D eigenvalue weighted by molar-refractivity contribution is 0.340. The molecule has 0 radical (unpaired) electrons. The molecular formula is C24H21BrClFN2O2. The molecule has 4 nitrogen and oxygen atoms in total. The number of halogens is 3. The summed E-state index contributed by atoms with van der Waals surface area (Å²) in [5.74, 6) is 0.501. The van der Waals surface area contributed by atoms with Crippen LogP contribution >= 0.6 is 27.5 Å². The first-order chi connectivity index (χ1) is 15.0. The second kappa shape index (κ2) is 9.39. The number of phenols is 1. The van der Waals surface area contributed by atoms with Gasteiger partial charge in [-0.3, -0.25) is 10.3 Å². The summed E-state index contributed by atoms with van der Waals surface area (Å²) >= 11 is 9.80. The van der Waals surface area contributed by atoms with Crippen LogP contribution in [0.25, 0.3) is 0 Å². The van der Waals surface area contributed by atoms with Crippen LogP contribution in [0.15, 0.2) is 70.1 Å². The van der Waals surface area contributed by atoms with Crippen LogP contribution in [0, 0.1) is 5.82 Å². The summed E-state index contributed by atoms with van der Waals surface area (Å²) in [6.07, 6.45) is -0.187. The molecule has 0 saturated carbocycles. The highest BCUT2D eigenvalue weighted by Crippen LogP contribution is 2.38. The second-order valence-corrected chi connectivity index (χ2v) is 8.52. The maximum absolute atomic E-state index is 14.7. The quantitative estimate of drug-likeness (QED) is 0.414. The zero-order chi connectivity index (χ0) is 22.0. The number of nitrogens with one attached hydrogen (secondary N) is 1. The molecule has 1 heterocycles. The zero-order valence-electron chi connectivity index (χ0n) is 16.8. The van der Waals surface area contributed by atoms with E-state index < -0.39 is 12.0 Å². The van der Waals surface area contributed by atoms with Crippen LogP contribution in [0.2, 0.25) is 5.02 Å². The van der Waals surface area contributed by atoms with E-state index in [0.29, 0.717) is 23.6 Å². The average molecular weight is 504 g/mol. The summed E-state index contributed by atoms with van der Waals surface area (Å²) in [6.45, 7) is 2.52. The number of aliphatic imine (C=N–C) groups is 1. The Hall–Kier alpha value is -2.41. The molecule has 0 bridgehead atoms. The Labute approximate surface area is 193 Å². The largest absolute Gasteiger partial charge is 0.508 e. The van der Waals surface area contributed by atoms with Crippen LogP contribution < -0.4 is 10.1 Å². The fourth-order valence-corrected chi connectivity index (χ4v) is 4.36. The van der Waals surface area contributed by atoms with Gasteiger partial charge in [-0.1, -0.05) is 33.6 Å². The minimum Gasteiger partial charge on any atom is -0.508 e. The molecule has 2 atom stereocenters. The Bertz CT molecular complexity index is 1100. The van der Waals surface area contributed by atoms with Crippen molar-refractivity contribution < 1.29 is 14.2 Å². The fourth-order valence-electron chi connectivity index (χ4n) is 3.72. The lowest BCUT2D eigenvalue weighted by Gasteiger charge is -2.31.